The summed E-state index contributed by atoms with van der Waals surface area (Å²) in [5.74, 6) is 2.06. The van der Waals surface area contributed by atoms with Crippen LogP contribution in [0, 0.1) is 11.8 Å². The number of ether oxygens (including phenoxy) is 1. The van der Waals surface area contributed by atoms with Gasteiger partial charge in [-0.05, 0) is 43.1 Å². The van der Waals surface area contributed by atoms with E-state index >= 15 is 0 Å². The van der Waals surface area contributed by atoms with Gasteiger partial charge in [0.05, 0.1) is 0 Å². The van der Waals surface area contributed by atoms with Crippen molar-refractivity contribution in [3.05, 3.63) is 29.3 Å². The van der Waals surface area contributed by atoms with Gasteiger partial charge in [0.2, 0.25) is 0 Å². The maximum atomic E-state index is 6.12. The van der Waals surface area contributed by atoms with Crippen LogP contribution in [-0.4, -0.2) is 19.2 Å². The summed E-state index contributed by atoms with van der Waals surface area (Å²) in [5, 5.41) is 4.15. The Morgan fingerprint density at radius 1 is 1.29 bits per heavy atom. The Bertz CT molecular complexity index is 344. The minimum atomic E-state index is 0.283. The Morgan fingerprint density at radius 3 is 2.53 bits per heavy atom. The lowest BCUT2D eigenvalue weighted by atomic mass is 9.92. The third-order valence-corrected chi connectivity index (χ3v) is 3.56. The van der Waals surface area contributed by atoms with E-state index in [0.29, 0.717) is 11.8 Å². The van der Waals surface area contributed by atoms with E-state index in [0.717, 1.165) is 23.9 Å². The molecule has 0 radical (unpaired) electrons. The Morgan fingerprint density at radius 2 is 2.00 bits per heavy atom. The van der Waals surface area contributed by atoms with Crippen molar-refractivity contribution in [2.45, 2.75) is 26.4 Å². The van der Waals surface area contributed by atoms with Gasteiger partial charge in [-0.25, -0.2) is 0 Å². The summed E-state index contributed by atoms with van der Waals surface area (Å²) in [4.78, 5) is 0. The minimum absolute atomic E-state index is 0.283. The van der Waals surface area contributed by atoms with Crippen molar-refractivity contribution in [2.75, 3.05) is 13.1 Å². The van der Waals surface area contributed by atoms with Gasteiger partial charge in [0, 0.05) is 17.5 Å². The van der Waals surface area contributed by atoms with Gasteiger partial charge in [0.1, 0.15) is 11.9 Å². The first-order chi connectivity index (χ1) is 8.16. The van der Waals surface area contributed by atoms with Crippen molar-refractivity contribution in [3.63, 3.8) is 0 Å². The predicted molar refractivity (Wildman–Crippen MR) is 71.7 cm³/mol. The maximum Gasteiger partial charge on any atom is 0.119 e. The number of rotatable bonds is 4. The predicted octanol–water partition coefficient (Wildman–Crippen LogP) is 3.35. The molecule has 2 atom stereocenters. The van der Waals surface area contributed by atoms with E-state index in [9.17, 15) is 0 Å². The number of hydrogen-bond donors (Lipinski definition) is 1. The number of benzene rings is 1. The van der Waals surface area contributed by atoms with Crippen LogP contribution in [0.2, 0.25) is 5.02 Å². The van der Waals surface area contributed by atoms with Crippen molar-refractivity contribution in [2.24, 2.45) is 11.8 Å². The van der Waals surface area contributed by atoms with E-state index < -0.39 is 0 Å². The first kappa shape index (κ1) is 12.7. The molecule has 2 nitrogen and oxygen atoms in total. The Hall–Kier alpha value is -0.730. The highest BCUT2D eigenvalue weighted by atomic mass is 35.5. The highest BCUT2D eigenvalue weighted by Gasteiger charge is 2.28. The van der Waals surface area contributed by atoms with Crippen LogP contribution in [0.1, 0.15) is 20.3 Å². The lowest BCUT2D eigenvalue weighted by Crippen LogP contribution is -2.33. The molecule has 1 heterocycles. The monoisotopic (exact) mass is 253 g/mol. The molecule has 1 aromatic carbocycles. The van der Waals surface area contributed by atoms with Crippen molar-refractivity contribution >= 4 is 11.6 Å². The second-order valence-electron chi connectivity index (χ2n) is 5.03. The van der Waals surface area contributed by atoms with Crippen molar-refractivity contribution in [1.29, 1.82) is 0 Å². The van der Waals surface area contributed by atoms with E-state index in [1.54, 1.807) is 0 Å². The van der Waals surface area contributed by atoms with Gasteiger partial charge in [-0.3, -0.25) is 0 Å². The first-order valence-electron chi connectivity index (χ1n) is 6.30. The lowest BCUT2D eigenvalue weighted by Gasteiger charge is -2.27. The SMILES string of the molecule is CC(C)[C@@H](Oc1ccc(Cl)cc1)C1CCNC1. The summed E-state index contributed by atoms with van der Waals surface area (Å²) < 4.78 is 6.12. The average molecular weight is 254 g/mol. The van der Waals surface area contributed by atoms with Crippen LogP contribution in [0.4, 0.5) is 0 Å². The second-order valence-corrected chi connectivity index (χ2v) is 5.47. The zero-order valence-corrected chi connectivity index (χ0v) is 11.2. The number of nitrogens with one attached hydrogen (secondary N) is 1. The van der Waals surface area contributed by atoms with E-state index in [2.05, 4.69) is 19.2 Å². The van der Waals surface area contributed by atoms with Crippen LogP contribution in [0.3, 0.4) is 0 Å². The fourth-order valence-electron chi connectivity index (χ4n) is 2.40. The molecule has 3 heteroatoms. The third-order valence-electron chi connectivity index (χ3n) is 3.31. The minimum Gasteiger partial charge on any atom is -0.490 e. The highest BCUT2D eigenvalue weighted by molar-refractivity contribution is 6.30. The third kappa shape index (κ3) is 3.36. The molecule has 1 aliphatic rings. The summed E-state index contributed by atoms with van der Waals surface area (Å²) in [6.45, 7) is 6.62. The molecule has 17 heavy (non-hydrogen) atoms. The maximum absolute atomic E-state index is 6.12. The zero-order valence-electron chi connectivity index (χ0n) is 10.4. The van der Waals surface area contributed by atoms with Gasteiger partial charge >= 0.3 is 0 Å². The molecule has 1 unspecified atom stereocenters. The van der Waals surface area contributed by atoms with Crippen LogP contribution >= 0.6 is 11.6 Å². The van der Waals surface area contributed by atoms with E-state index in [1.165, 1.54) is 6.42 Å². The fourth-order valence-corrected chi connectivity index (χ4v) is 2.53. The van der Waals surface area contributed by atoms with Crippen LogP contribution in [0.5, 0.6) is 5.75 Å². The molecule has 0 amide bonds. The molecule has 1 aliphatic heterocycles. The van der Waals surface area contributed by atoms with Gasteiger partial charge in [-0.15, -0.1) is 0 Å². The van der Waals surface area contributed by atoms with Crippen molar-refractivity contribution < 1.29 is 4.74 Å². The quantitative estimate of drug-likeness (QED) is 0.889. The molecular weight excluding hydrogens is 234 g/mol. The van der Waals surface area contributed by atoms with Crippen LogP contribution in [0.15, 0.2) is 24.3 Å². The molecule has 0 aromatic heterocycles. The van der Waals surface area contributed by atoms with Crippen LogP contribution in [-0.2, 0) is 0 Å². The van der Waals surface area contributed by atoms with E-state index in [1.807, 2.05) is 24.3 Å². The van der Waals surface area contributed by atoms with Gasteiger partial charge in [0.25, 0.3) is 0 Å². The van der Waals surface area contributed by atoms with E-state index in [-0.39, 0.29) is 6.10 Å². The van der Waals surface area contributed by atoms with Gasteiger partial charge < -0.3 is 10.1 Å². The molecule has 0 bridgehead atoms. The number of hydrogen-bond acceptors (Lipinski definition) is 2. The normalized spacial score (nSPS) is 21.8. The summed E-state index contributed by atoms with van der Waals surface area (Å²) in [7, 11) is 0. The lowest BCUT2D eigenvalue weighted by molar-refractivity contribution is 0.0973. The Kier molecular flexibility index (Phi) is 4.30. The van der Waals surface area contributed by atoms with Crippen molar-refractivity contribution in [3.8, 4) is 5.75 Å². The largest absolute Gasteiger partial charge is 0.490 e. The average Bonchev–Trinajstić information content (AvgIpc) is 2.81. The molecule has 1 N–H and O–H groups in total. The molecule has 2 rings (SSSR count). The highest BCUT2D eigenvalue weighted by Crippen LogP contribution is 2.25. The molecule has 0 spiro atoms. The Labute approximate surface area is 108 Å². The van der Waals surface area contributed by atoms with Crippen LogP contribution < -0.4 is 10.1 Å². The van der Waals surface area contributed by atoms with Crippen LogP contribution in [0.25, 0.3) is 0 Å². The molecular formula is C14H20ClNO. The summed E-state index contributed by atoms with van der Waals surface area (Å²) in [6, 6.07) is 7.64. The summed E-state index contributed by atoms with van der Waals surface area (Å²) in [5.41, 5.74) is 0. The van der Waals surface area contributed by atoms with Gasteiger partial charge in [-0.2, -0.15) is 0 Å². The smallest absolute Gasteiger partial charge is 0.119 e. The Balaban J connectivity index is 2.04. The molecule has 0 aliphatic carbocycles. The zero-order chi connectivity index (χ0) is 12.3. The standard InChI is InChI=1S/C14H20ClNO/c1-10(2)14(11-7-8-16-9-11)17-13-5-3-12(15)4-6-13/h3-6,10-11,14,16H,7-9H2,1-2H3/t11?,14-/m1/s1. The van der Waals surface area contributed by atoms with Crippen molar-refractivity contribution in [1.82, 2.24) is 5.32 Å². The fraction of sp³-hybridized carbons (Fsp3) is 0.571. The number of halogens is 1. The molecule has 0 saturated carbocycles. The molecule has 94 valence electrons. The molecule has 1 fully saturated rings. The van der Waals surface area contributed by atoms with Gasteiger partial charge in [-0.1, -0.05) is 25.4 Å². The van der Waals surface area contributed by atoms with Gasteiger partial charge in [0.15, 0.2) is 0 Å². The summed E-state index contributed by atoms with van der Waals surface area (Å²) in [6.07, 6.45) is 1.49. The summed E-state index contributed by atoms with van der Waals surface area (Å²) >= 11 is 5.87. The first-order valence-corrected chi connectivity index (χ1v) is 6.67. The molecule has 1 aromatic rings. The van der Waals surface area contributed by atoms with E-state index in [4.69, 9.17) is 16.3 Å². The second kappa shape index (κ2) is 5.74. The molecule has 1 saturated heterocycles. The topological polar surface area (TPSA) is 21.3 Å².